The van der Waals surface area contributed by atoms with E-state index < -0.39 is 0 Å². The van der Waals surface area contributed by atoms with E-state index in [0.29, 0.717) is 11.9 Å². The molecule has 0 aliphatic carbocycles. The van der Waals surface area contributed by atoms with Crippen LogP contribution in [0.5, 0.6) is 11.5 Å². The molecular formula is C42H33N3O. The highest BCUT2D eigenvalue weighted by Crippen LogP contribution is 2.48. The lowest BCUT2D eigenvalue weighted by atomic mass is 9.92. The first-order valence-corrected chi connectivity index (χ1v) is 15.8. The van der Waals surface area contributed by atoms with Crippen LogP contribution in [0.2, 0.25) is 0 Å². The van der Waals surface area contributed by atoms with Gasteiger partial charge in [-0.05, 0) is 48.2 Å². The number of rotatable bonds is 4. The third kappa shape index (κ3) is 4.62. The van der Waals surface area contributed by atoms with Crippen LogP contribution < -0.4 is 15.3 Å². The fourth-order valence-corrected chi connectivity index (χ4v) is 6.63. The van der Waals surface area contributed by atoms with Crippen LogP contribution in [0.15, 0.2) is 127 Å². The molecule has 0 radical (unpaired) electrons. The molecule has 8 rings (SSSR count). The summed E-state index contributed by atoms with van der Waals surface area (Å²) in [5, 5.41) is 3.34. The maximum absolute atomic E-state index is 6.72. The van der Waals surface area contributed by atoms with Crippen molar-refractivity contribution in [1.82, 2.24) is 14.5 Å². The van der Waals surface area contributed by atoms with Gasteiger partial charge < -0.3 is 4.74 Å². The minimum absolute atomic E-state index is 0.291. The Morgan fingerprint density at radius 1 is 0.630 bits per heavy atom. The molecule has 0 amide bonds. The van der Waals surface area contributed by atoms with Crippen molar-refractivity contribution in [2.45, 2.75) is 20.8 Å². The lowest BCUT2D eigenvalue weighted by molar-refractivity contribution is 0.488. The molecule has 0 saturated carbocycles. The van der Waals surface area contributed by atoms with E-state index in [1.807, 2.05) is 18.2 Å². The van der Waals surface area contributed by atoms with Crippen LogP contribution in [0.25, 0.3) is 73.8 Å². The summed E-state index contributed by atoms with van der Waals surface area (Å²) in [6.45, 7) is 6.55. The lowest BCUT2D eigenvalue weighted by Crippen LogP contribution is -2.30. The van der Waals surface area contributed by atoms with Crippen LogP contribution in [-0.4, -0.2) is 14.5 Å². The van der Waals surface area contributed by atoms with Gasteiger partial charge in [0.1, 0.15) is 11.5 Å². The summed E-state index contributed by atoms with van der Waals surface area (Å²) in [4.78, 5) is 10.5. The largest absolute Gasteiger partial charge is 0.456 e. The van der Waals surface area contributed by atoms with Crippen LogP contribution in [0.3, 0.4) is 0 Å². The predicted octanol–water partition coefficient (Wildman–Crippen LogP) is 9.43. The SMILES string of the molecule is C/C=c1\c(=C/C(C)C)n(-c2nc(-c3ccccc3)cc(-c3ccccc3)n2)c2ccc3c(c12)-c1ccccc1-c1ccccc1O3. The van der Waals surface area contributed by atoms with Gasteiger partial charge in [0.05, 0.1) is 22.3 Å². The van der Waals surface area contributed by atoms with Crippen LogP contribution in [0, 0.1) is 5.92 Å². The number of hydrogen-bond acceptors (Lipinski definition) is 3. The van der Waals surface area contributed by atoms with E-state index in [0.717, 1.165) is 77.7 Å². The van der Waals surface area contributed by atoms with Crippen LogP contribution in [0.1, 0.15) is 20.8 Å². The van der Waals surface area contributed by atoms with E-state index in [-0.39, 0.29) is 0 Å². The van der Waals surface area contributed by atoms with Crippen molar-refractivity contribution < 1.29 is 4.74 Å². The fraction of sp³-hybridized carbons (Fsp3) is 0.0952. The van der Waals surface area contributed by atoms with Crippen molar-refractivity contribution in [3.05, 3.63) is 138 Å². The van der Waals surface area contributed by atoms with Crippen molar-refractivity contribution in [2.75, 3.05) is 0 Å². The van der Waals surface area contributed by atoms with E-state index in [9.17, 15) is 0 Å². The number of benzene rings is 5. The fourth-order valence-electron chi connectivity index (χ4n) is 6.63. The molecule has 7 aromatic rings. The second kappa shape index (κ2) is 11.3. The zero-order chi connectivity index (χ0) is 31.2. The van der Waals surface area contributed by atoms with Crippen molar-refractivity contribution in [3.8, 4) is 62.2 Å². The Hall–Kier alpha value is -5.74. The topological polar surface area (TPSA) is 39.9 Å². The van der Waals surface area contributed by atoms with Crippen LogP contribution >= 0.6 is 0 Å². The Labute approximate surface area is 268 Å². The Balaban J connectivity index is 1.51. The van der Waals surface area contributed by atoms with E-state index >= 15 is 0 Å². The average Bonchev–Trinajstić information content (AvgIpc) is 3.32. The summed E-state index contributed by atoms with van der Waals surface area (Å²) in [6, 6.07) is 44.0. The third-order valence-electron chi connectivity index (χ3n) is 8.60. The number of nitrogens with zero attached hydrogens (tertiary/aromatic N) is 3. The zero-order valence-corrected chi connectivity index (χ0v) is 26.1. The van der Waals surface area contributed by atoms with E-state index in [4.69, 9.17) is 14.7 Å². The first-order valence-electron chi connectivity index (χ1n) is 15.8. The number of aromatic nitrogens is 3. The highest BCUT2D eigenvalue weighted by atomic mass is 16.5. The number of para-hydroxylation sites is 1. The summed E-state index contributed by atoms with van der Waals surface area (Å²) in [5.41, 5.74) is 9.35. The van der Waals surface area contributed by atoms with Crippen molar-refractivity contribution in [3.63, 3.8) is 0 Å². The minimum Gasteiger partial charge on any atom is -0.456 e. The maximum atomic E-state index is 6.72. The first kappa shape index (κ1) is 27.8. The molecule has 3 heterocycles. The molecule has 0 unspecified atom stereocenters. The monoisotopic (exact) mass is 595 g/mol. The number of hydrogen-bond donors (Lipinski definition) is 0. The highest BCUT2D eigenvalue weighted by molar-refractivity contribution is 6.05. The van der Waals surface area contributed by atoms with Gasteiger partial charge in [0, 0.05) is 32.9 Å². The van der Waals surface area contributed by atoms with Crippen LogP contribution in [0.4, 0.5) is 0 Å². The molecule has 2 aromatic heterocycles. The molecule has 4 nitrogen and oxygen atoms in total. The second-order valence-electron chi connectivity index (χ2n) is 12.0. The predicted molar refractivity (Wildman–Crippen MR) is 189 cm³/mol. The molecule has 0 fully saturated rings. The van der Waals surface area contributed by atoms with Gasteiger partial charge in [-0.2, -0.15) is 0 Å². The zero-order valence-electron chi connectivity index (χ0n) is 26.1. The average molecular weight is 596 g/mol. The normalized spacial score (nSPS) is 12.9. The smallest absolute Gasteiger partial charge is 0.235 e. The second-order valence-corrected chi connectivity index (χ2v) is 12.0. The number of fused-ring (bicyclic) bond motifs is 7. The van der Waals surface area contributed by atoms with Gasteiger partial charge in [0.2, 0.25) is 5.95 Å². The molecule has 4 heteroatoms. The maximum Gasteiger partial charge on any atom is 0.235 e. The van der Waals surface area contributed by atoms with Gasteiger partial charge in [-0.3, -0.25) is 4.57 Å². The van der Waals surface area contributed by atoms with Gasteiger partial charge in [-0.25, -0.2) is 9.97 Å². The van der Waals surface area contributed by atoms with Gasteiger partial charge >= 0.3 is 0 Å². The minimum atomic E-state index is 0.291. The van der Waals surface area contributed by atoms with Gasteiger partial charge in [0.15, 0.2) is 0 Å². The molecule has 0 saturated heterocycles. The summed E-state index contributed by atoms with van der Waals surface area (Å²) < 4.78 is 8.96. The highest BCUT2D eigenvalue weighted by Gasteiger charge is 2.25. The van der Waals surface area contributed by atoms with Crippen molar-refractivity contribution in [2.24, 2.45) is 5.92 Å². The van der Waals surface area contributed by atoms with Gasteiger partial charge in [0.25, 0.3) is 0 Å². The third-order valence-corrected chi connectivity index (χ3v) is 8.60. The Morgan fingerprint density at radius 2 is 1.22 bits per heavy atom. The Bertz CT molecular complexity index is 2310. The summed E-state index contributed by atoms with van der Waals surface area (Å²) in [7, 11) is 0. The summed E-state index contributed by atoms with van der Waals surface area (Å²) in [5.74, 6) is 2.62. The van der Waals surface area contributed by atoms with Gasteiger partial charge in [-0.15, -0.1) is 0 Å². The molecular weight excluding hydrogens is 562 g/mol. The van der Waals surface area contributed by atoms with E-state index in [1.165, 1.54) is 0 Å². The molecule has 1 aliphatic rings. The molecule has 5 aromatic carbocycles. The molecule has 0 bridgehead atoms. The molecule has 0 spiro atoms. The standard InChI is InChI=1S/C42H33N3O/c1-4-30-37(25-27(2)3)45(42-43-34(28-15-7-5-8-16-28)26-35(44-42)29-17-9-6-10-18-29)36-23-24-39-41(40(30)36)33-21-12-11-19-31(33)32-20-13-14-22-38(32)46-39/h4-27H,1-3H3/b30-4+,37-25+. The molecule has 1 aliphatic heterocycles. The van der Waals surface area contributed by atoms with Crippen molar-refractivity contribution >= 4 is 23.1 Å². The molecule has 46 heavy (non-hydrogen) atoms. The van der Waals surface area contributed by atoms with Crippen LogP contribution in [-0.2, 0) is 0 Å². The summed E-state index contributed by atoms with van der Waals surface area (Å²) >= 11 is 0. The first-order chi connectivity index (χ1) is 22.6. The molecule has 0 N–H and O–H groups in total. The Kier molecular flexibility index (Phi) is 6.84. The Morgan fingerprint density at radius 3 is 1.85 bits per heavy atom. The molecule has 0 atom stereocenters. The van der Waals surface area contributed by atoms with Crippen molar-refractivity contribution in [1.29, 1.82) is 0 Å². The van der Waals surface area contributed by atoms with Gasteiger partial charge in [-0.1, -0.05) is 129 Å². The lowest BCUT2D eigenvalue weighted by Gasteiger charge is -2.13. The van der Waals surface area contributed by atoms with E-state index in [2.05, 4.69) is 147 Å². The quantitative estimate of drug-likeness (QED) is 0.203. The number of ether oxygens (including phenoxy) is 1. The van der Waals surface area contributed by atoms with E-state index in [1.54, 1.807) is 0 Å². The summed E-state index contributed by atoms with van der Waals surface area (Å²) in [6.07, 6.45) is 4.54. The molecule has 222 valence electrons.